The van der Waals surface area contributed by atoms with Crippen molar-refractivity contribution in [1.29, 1.82) is 0 Å². The van der Waals surface area contributed by atoms with Gasteiger partial charge >= 0.3 is 0 Å². The molecule has 2 aromatic rings. The van der Waals surface area contributed by atoms with Crippen molar-refractivity contribution in [3.8, 4) is 23.3 Å². The standard InChI is InChI=1S/C18H14ClNO3/c19-15-11-14(12-16-17(15)23-10-9-22-16)18(21)20-8-4-7-13-5-2-1-3-6-13/h1-3,5-6,11-12H,8-10H2,(H,20,21). The molecule has 1 heterocycles. The lowest BCUT2D eigenvalue weighted by Crippen LogP contribution is -2.24. The minimum atomic E-state index is -0.258. The second kappa shape index (κ2) is 7.08. The molecule has 0 fully saturated rings. The second-order valence-corrected chi connectivity index (χ2v) is 5.24. The quantitative estimate of drug-likeness (QED) is 0.863. The van der Waals surface area contributed by atoms with E-state index in [-0.39, 0.29) is 12.5 Å². The molecule has 0 aromatic heterocycles. The van der Waals surface area contributed by atoms with Gasteiger partial charge in [0.1, 0.15) is 13.2 Å². The Labute approximate surface area is 139 Å². The normalized spacial score (nSPS) is 12.0. The van der Waals surface area contributed by atoms with Crippen molar-refractivity contribution >= 4 is 17.5 Å². The zero-order chi connectivity index (χ0) is 16.1. The Morgan fingerprint density at radius 3 is 2.78 bits per heavy atom. The minimum absolute atomic E-state index is 0.250. The highest BCUT2D eigenvalue weighted by atomic mass is 35.5. The summed E-state index contributed by atoms with van der Waals surface area (Å²) in [6.07, 6.45) is 0. The average molecular weight is 328 g/mol. The second-order valence-electron chi connectivity index (χ2n) is 4.83. The van der Waals surface area contributed by atoms with E-state index in [9.17, 15) is 4.79 Å². The molecule has 1 aliphatic heterocycles. The zero-order valence-electron chi connectivity index (χ0n) is 12.3. The summed E-state index contributed by atoms with van der Waals surface area (Å²) in [4.78, 5) is 12.2. The number of carbonyl (C=O) groups excluding carboxylic acids is 1. The van der Waals surface area contributed by atoms with Crippen LogP contribution < -0.4 is 14.8 Å². The van der Waals surface area contributed by atoms with E-state index >= 15 is 0 Å². The van der Waals surface area contributed by atoms with Crippen molar-refractivity contribution in [2.45, 2.75) is 0 Å². The fourth-order valence-electron chi connectivity index (χ4n) is 2.14. The van der Waals surface area contributed by atoms with Crippen LogP contribution in [0.3, 0.4) is 0 Å². The third-order valence-corrected chi connectivity index (χ3v) is 3.48. The van der Waals surface area contributed by atoms with E-state index in [1.54, 1.807) is 12.1 Å². The van der Waals surface area contributed by atoms with Crippen LogP contribution in [0.1, 0.15) is 15.9 Å². The van der Waals surface area contributed by atoms with Crippen LogP contribution in [0.15, 0.2) is 42.5 Å². The van der Waals surface area contributed by atoms with Crippen LogP contribution in [0.25, 0.3) is 0 Å². The summed E-state index contributed by atoms with van der Waals surface area (Å²) in [5.74, 6) is 6.60. The fourth-order valence-corrected chi connectivity index (χ4v) is 2.40. The molecule has 0 saturated heterocycles. The maximum Gasteiger partial charge on any atom is 0.252 e. The van der Waals surface area contributed by atoms with E-state index in [0.29, 0.717) is 35.3 Å². The lowest BCUT2D eigenvalue weighted by Gasteiger charge is -2.20. The summed E-state index contributed by atoms with van der Waals surface area (Å²) in [6.45, 7) is 1.14. The third-order valence-electron chi connectivity index (χ3n) is 3.20. The number of rotatable bonds is 2. The van der Waals surface area contributed by atoms with Crippen molar-refractivity contribution in [2.24, 2.45) is 0 Å². The number of amides is 1. The Morgan fingerprint density at radius 2 is 1.96 bits per heavy atom. The Hall–Kier alpha value is -2.64. The number of fused-ring (bicyclic) bond motifs is 1. The molecule has 0 spiro atoms. The van der Waals surface area contributed by atoms with Gasteiger partial charge in [-0.1, -0.05) is 41.6 Å². The van der Waals surface area contributed by atoms with Gasteiger partial charge in [0.05, 0.1) is 11.6 Å². The van der Waals surface area contributed by atoms with Crippen LogP contribution in [0.5, 0.6) is 11.5 Å². The molecule has 1 amide bonds. The van der Waals surface area contributed by atoms with E-state index in [4.69, 9.17) is 21.1 Å². The number of halogens is 1. The molecule has 0 radical (unpaired) electrons. The molecule has 23 heavy (non-hydrogen) atoms. The van der Waals surface area contributed by atoms with Gasteiger partial charge in [-0.05, 0) is 24.3 Å². The SMILES string of the molecule is O=C(NCC#Cc1ccccc1)c1cc(Cl)c2c(c1)OCCO2. The van der Waals surface area contributed by atoms with E-state index in [0.717, 1.165) is 5.56 Å². The summed E-state index contributed by atoms with van der Waals surface area (Å²) in [6, 6.07) is 12.8. The Morgan fingerprint density at radius 1 is 1.17 bits per heavy atom. The molecule has 2 aromatic carbocycles. The van der Waals surface area contributed by atoms with Gasteiger partial charge in [-0.3, -0.25) is 4.79 Å². The highest BCUT2D eigenvalue weighted by molar-refractivity contribution is 6.32. The molecule has 5 heteroatoms. The van der Waals surface area contributed by atoms with E-state index in [2.05, 4.69) is 17.2 Å². The molecule has 0 aliphatic carbocycles. The van der Waals surface area contributed by atoms with Crippen LogP contribution in [0.4, 0.5) is 0 Å². The van der Waals surface area contributed by atoms with Gasteiger partial charge in [0.2, 0.25) is 0 Å². The van der Waals surface area contributed by atoms with Crippen molar-refractivity contribution in [2.75, 3.05) is 19.8 Å². The molecule has 4 nitrogen and oxygen atoms in total. The van der Waals surface area contributed by atoms with Gasteiger partial charge in [-0.25, -0.2) is 0 Å². The fraction of sp³-hybridized carbons (Fsp3) is 0.167. The van der Waals surface area contributed by atoms with E-state index in [1.165, 1.54) is 0 Å². The third kappa shape index (κ3) is 3.77. The Bertz CT molecular complexity index is 778. The average Bonchev–Trinajstić information content (AvgIpc) is 2.59. The molecule has 0 unspecified atom stereocenters. The van der Waals surface area contributed by atoms with Crippen molar-refractivity contribution in [1.82, 2.24) is 5.32 Å². The van der Waals surface area contributed by atoms with Gasteiger partial charge in [0.15, 0.2) is 11.5 Å². The number of nitrogens with one attached hydrogen (secondary N) is 1. The first-order valence-corrected chi connectivity index (χ1v) is 7.53. The highest BCUT2D eigenvalue weighted by Crippen LogP contribution is 2.38. The largest absolute Gasteiger partial charge is 0.486 e. The van der Waals surface area contributed by atoms with Gasteiger partial charge in [-0.15, -0.1) is 0 Å². The maximum atomic E-state index is 12.2. The minimum Gasteiger partial charge on any atom is -0.486 e. The van der Waals surface area contributed by atoms with Crippen molar-refractivity contribution < 1.29 is 14.3 Å². The maximum absolute atomic E-state index is 12.2. The van der Waals surface area contributed by atoms with Gasteiger partial charge in [-0.2, -0.15) is 0 Å². The smallest absolute Gasteiger partial charge is 0.252 e. The highest BCUT2D eigenvalue weighted by Gasteiger charge is 2.18. The summed E-state index contributed by atoms with van der Waals surface area (Å²) in [7, 11) is 0. The molecule has 1 aliphatic rings. The number of carbonyl (C=O) groups is 1. The van der Waals surface area contributed by atoms with Gasteiger partial charge < -0.3 is 14.8 Å². The zero-order valence-corrected chi connectivity index (χ0v) is 13.0. The molecule has 3 rings (SSSR count). The topological polar surface area (TPSA) is 47.6 Å². The molecule has 0 atom stereocenters. The number of hydrogen-bond acceptors (Lipinski definition) is 3. The molecular formula is C18H14ClNO3. The lowest BCUT2D eigenvalue weighted by atomic mass is 10.1. The molecule has 0 saturated carbocycles. The van der Waals surface area contributed by atoms with Crippen LogP contribution in [0.2, 0.25) is 5.02 Å². The van der Waals surface area contributed by atoms with Crippen molar-refractivity contribution in [3.05, 3.63) is 58.6 Å². The van der Waals surface area contributed by atoms with Crippen LogP contribution in [0, 0.1) is 11.8 Å². The molecule has 1 N–H and O–H groups in total. The van der Waals surface area contributed by atoms with Crippen LogP contribution >= 0.6 is 11.6 Å². The lowest BCUT2D eigenvalue weighted by molar-refractivity contribution is 0.0957. The summed E-state index contributed by atoms with van der Waals surface area (Å²) < 4.78 is 10.9. The Balaban J connectivity index is 1.65. The van der Waals surface area contributed by atoms with Gasteiger partial charge in [0.25, 0.3) is 5.91 Å². The van der Waals surface area contributed by atoms with E-state index in [1.807, 2.05) is 30.3 Å². The monoisotopic (exact) mass is 327 g/mol. The first-order valence-electron chi connectivity index (χ1n) is 7.15. The Kier molecular flexibility index (Phi) is 4.70. The number of hydrogen-bond donors (Lipinski definition) is 1. The van der Waals surface area contributed by atoms with Crippen LogP contribution in [-0.2, 0) is 0 Å². The predicted molar refractivity (Wildman–Crippen MR) is 88.1 cm³/mol. The van der Waals surface area contributed by atoms with E-state index < -0.39 is 0 Å². The predicted octanol–water partition coefficient (Wildman–Crippen LogP) is 2.89. The summed E-state index contributed by atoms with van der Waals surface area (Å²) in [5.41, 5.74) is 1.32. The summed E-state index contributed by atoms with van der Waals surface area (Å²) >= 11 is 6.12. The summed E-state index contributed by atoms with van der Waals surface area (Å²) in [5, 5.41) is 3.10. The van der Waals surface area contributed by atoms with Crippen LogP contribution in [-0.4, -0.2) is 25.7 Å². The van der Waals surface area contributed by atoms with Crippen molar-refractivity contribution in [3.63, 3.8) is 0 Å². The first kappa shape index (κ1) is 15.3. The molecular weight excluding hydrogens is 314 g/mol. The molecule has 0 bridgehead atoms. The number of ether oxygens (including phenoxy) is 2. The number of benzene rings is 2. The van der Waals surface area contributed by atoms with Gasteiger partial charge in [0, 0.05) is 11.1 Å². The first-order chi connectivity index (χ1) is 11.2. The molecule has 116 valence electrons.